The highest BCUT2D eigenvalue weighted by atomic mass is 16.5. The summed E-state index contributed by atoms with van der Waals surface area (Å²) in [5.41, 5.74) is 16.0. The fourth-order valence-corrected chi connectivity index (χ4v) is 2.95. The number of aromatic amines is 1. The van der Waals surface area contributed by atoms with E-state index in [1.165, 1.54) is 0 Å². The van der Waals surface area contributed by atoms with E-state index in [2.05, 4.69) is 25.7 Å². The first-order valence-electron chi connectivity index (χ1n) is 8.31. The van der Waals surface area contributed by atoms with Crippen LogP contribution >= 0.6 is 0 Å². The van der Waals surface area contributed by atoms with Crippen molar-refractivity contribution in [1.82, 2.24) is 25.7 Å². The average molecular weight is 363 g/mol. The Kier molecular flexibility index (Phi) is 3.96. The average Bonchev–Trinajstić information content (AvgIpc) is 3.32. The summed E-state index contributed by atoms with van der Waals surface area (Å²) in [6.45, 7) is 2.35. The maximum absolute atomic E-state index is 12.3. The lowest BCUT2D eigenvalue weighted by Gasteiger charge is -2.10. The van der Waals surface area contributed by atoms with Crippen molar-refractivity contribution in [2.24, 2.45) is 0 Å². The molecule has 0 fully saturated rings. The number of benzene rings is 1. The van der Waals surface area contributed by atoms with Gasteiger partial charge in [0, 0.05) is 41.3 Å². The summed E-state index contributed by atoms with van der Waals surface area (Å²) >= 11 is 0. The molecule has 0 unspecified atom stereocenters. The second-order valence-corrected chi connectivity index (χ2v) is 5.94. The molecule has 6 N–H and O–H groups in total. The Morgan fingerprint density at radius 3 is 2.85 bits per heavy atom. The van der Waals surface area contributed by atoms with Crippen LogP contribution in [0.1, 0.15) is 17.3 Å². The number of hydrogen-bond donors (Lipinski definition) is 4. The van der Waals surface area contributed by atoms with Crippen molar-refractivity contribution >= 4 is 28.4 Å². The van der Waals surface area contributed by atoms with Crippen molar-refractivity contribution < 1.29 is 9.32 Å². The molecule has 3 heterocycles. The molecular weight excluding hydrogens is 346 g/mol. The summed E-state index contributed by atoms with van der Waals surface area (Å²) < 4.78 is 5.45. The Balaban J connectivity index is 1.91. The second-order valence-electron chi connectivity index (χ2n) is 5.94. The highest BCUT2D eigenvalue weighted by molar-refractivity contribution is 6.06. The van der Waals surface area contributed by atoms with Gasteiger partial charge in [0.25, 0.3) is 5.91 Å². The molecule has 27 heavy (non-hydrogen) atoms. The third-order valence-corrected chi connectivity index (χ3v) is 4.24. The molecule has 0 bridgehead atoms. The number of rotatable bonds is 4. The van der Waals surface area contributed by atoms with Gasteiger partial charge in [0.15, 0.2) is 11.4 Å². The summed E-state index contributed by atoms with van der Waals surface area (Å²) in [4.78, 5) is 16.8. The molecule has 136 valence electrons. The van der Waals surface area contributed by atoms with Gasteiger partial charge in [-0.15, -0.1) is 0 Å². The van der Waals surface area contributed by atoms with E-state index in [1.807, 2.05) is 6.92 Å². The lowest BCUT2D eigenvalue weighted by atomic mass is 10.0. The molecule has 0 radical (unpaired) electrons. The number of nitrogens with two attached hydrogens (primary N) is 2. The van der Waals surface area contributed by atoms with Crippen LogP contribution in [-0.2, 0) is 0 Å². The van der Waals surface area contributed by atoms with E-state index in [4.69, 9.17) is 16.0 Å². The van der Waals surface area contributed by atoms with Gasteiger partial charge in [-0.05, 0) is 19.1 Å². The summed E-state index contributed by atoms with van der Waals surface area (Å²) in [6, 6.07) is 5.14. The fraction of sp³-hybridized carbons (Fsp3) is 0.111. The molecule has 4 rings (SSSR count). The van der Waals surface area contributed by atoms with Crippen LogP contribution in [0, 0.1) is 0 Å². The van der Waals surface area contributed by atoms with Crippen molar-refractivity contribution in [3.05, 3.63) is 42.4 Å². The van der Waals surface area contributed by atoms with E-state index >= 15 is 0 Å². The van der Waals surface area contributed by atoms with Gasteiger partial charge in [-0.25, -0.2) is 0 Å². The molecule has 0 saturated heterocycles. The van der Waals surface area contributed by atoms with E-state index in [0.717, 1.165) is 5.56 Å². The smallest absolute Gasteiger partial charge is 0.253 e. The fourth-order valence-electron chi connectivity index (χ4n) is 2.95. The molecule has 4 aromatic rings. The predicted molar refractivity (Wildman–Crippen MR) is 102 cm³/mol. The third-order valence-electron chi connectivity index (χ3n) is 4.24. The van der Waals surface area contributed by atoms with E-state index in [0.29, 0.717) is 45.6 Å². The molecule has 1 amide bonds. The maximum Gasteiger partial charge on any atom is 0.253 e. The van der Waals surface area contributed by atoms with Crippen LogP contribution in [-0.4, -0.2) is 32.8 Å². The zero-order valence-electron chi connectivity index (χ0n) is 14.5. The summed E-state index contributed by atoms with van der Waals surface area (Å²) in [6.07, 6.45) is 5.05. The zero-order chi connectivity index (χ0) is 19.0. The Morgan fingerprint density at radius 2 is 2.11 bits per heavy atom. The first kappa shape index (κ1) is 16.6. The van der Waals surface area contributed by atoms with Crippen molar-refractivity contribution in [2.45, 2.75) is 6.92 Å². The van der Waals surface area contributed by atoms with E-state index in [9.17, 15) is 4.79 Å². The Morgan fingerprint density at radius 1 is 1.26 bits per heavy atom. The summed E-state index contributed by atoms with van der Waals surface area (Å²) in [7, 11) is 0. The van der Waals surface area contributed by atoms with Crippen molar-refractivity contribution in [3.8, 4) is 22.4 Å². The number of hydrogen-bond acceptors (Lipinski definition) is 7. The summed E-state index contributed by atoms with van der Waals surface area (Å²) in [5.74, 6) is -0.0318. The molecule has 1 aromatic carbocycles. The molecular formula is C18H17N7O2. The van der Waals surface area contributed by atoms with Gasteiger partial charge in [-0.3, -0.25) is 14.9 Å². The Hall–Kier alpha value is -3.88. The number of carbonyl (C=O) groups excluding carboxylic acids is 1. The Bertz CT molecular complexity index is 1130. The largest absolute Gasteiger partial charge is 0.398 e. The minimum atomic E-state index is -0.249. The van der Waals surface area contributed by atoms with E-state index in [-0.39, 0.29) is 11.7 Å². The van der Waals surface area contributed by atoms with Crippen LogP contribution in [0.5, 0.6) is 0 Å². The number of amides is 1. The molecule has 0 aliphatic carbocycles. The second kappa shape index (κ2) is 6.45. The van der Waals surface area contributed by atoms with Crippen LogP contribution in [0.25, 0.3) is 33.4 Å². The van der Waals surface area contributed by atoms with Gasteiger partial charge in [0.2, 0.25) is 0 Å². The zero-order valence-corrected chi connectivity index (χ0v) is 14.5. The quantitative estimate of drug-likeness (QED) is 0.406. The standard InChI is InChI=1S/C18H17N7O2/c1-2-21-18(26)11-5-9(3-4-13(11)19)15-14-16(27-25-17(14)20)12(8-22-15)10-6-23-24-7-10/h3-8H,2,19H2,1H3,(H2,20,25)(H,21,26)(H,23,24). The molecule has 0 atom stereocenters. The van der Waals surface area contributed by atoms with Gasteiger partial charge in [-0.2, -0.15) is 5.10 Å². The van der Waals surface area contributed by atoms with Crippen LogP contribution in [0.4, 0.5) is 11.5 Å². The highest BCUT2D eigenvalue weighted by Crippen LogP contribution is 2.37. The van der Waals surface area contributed by atoms with Crippen LogP contribution in [0.15, 0.2) is 41.3 Å². The van der Waals surface area contributed by atoms with Crippen molar-refractivity contribution in [1.29, 1.82) is 0 Å². The number of nitrogens with one attached hydrogen (secondary N) is 2. The molecule has 0 aliphatic rings. The number of aromatic nitrogens is 4. The van der Waals surface area contributed by atoms with Crippen LogP contribution < -0.4 is 16.8 Å². The number of nitrogens with zero attached hydrogens (tertiary/aromatic N) is 3. The molecule has 0 spiro atoms. The number of carbonyl (C=O) groups is 1. The van der Waals surface area contributed by atoms with Crippen molar-refractivity contribution in [3.63, 3.8) is 0 Å². The van der Waals surface area contributed by atoms with Gasteiger partial charge in [0.05, 0.1) is 22.8 Å². The van der Waals surface area contributed by atoms with Gasteiger partial charge < -0.3 is 21.3 Å². The first-order chi connectivity index (χ1) is 13.1. The first-order valence-corrected chi connectivity index (χ1v) is 8.31. The summed E-state index contributed by atoms with van der Waals surface area (Å²) in [5, 5.41) is 13.9. The van der Waals surface area contributed by atoms with Gasteiger partial charge in [-0.1, -0.05) is 11.2 Å². The minimum absolute atomic E-state index is 0.217. The van der Waals surface area contributed by atoms with Gasteiger partial charge >= 0.3 is 0 Å². The predicted octanol–water partition coefficient (Wildman–Crippen LogP) is 2.19. The number of nitrogen functional groups attached to an aromatic ring is 2. The Labute approximate surface area is 153 Å². The van der Waals surface area contributed by atoms with Crippen LogP contribution in [0.2, 0.25) is 0 Å². The highest BCUT2D eigenvalue weighted by Gasteiger charge is 2.20. The van der Waals surface area contributed by atoms with E-state index < -0.39 is 0 Å². The lowest BCUT2D eigenvalue weighted by molar-refractivity contribution is 0.0956. The molecule has 0 aliphatic heterocycles. The topological polar surface area (TPSA) is 149 Å². The maximum atomic E-state index is 12.3. The third kappa shape index (κ3) is 2.74. The van der Waals surface area contributed by atoms with Crippen molar-refractivity contribution in [2.75, 3.05) is 18.0 Å². The molecule has 3 aromatic heterocycles. The SMILES string of the molecule is CCNC(=O)c1cc(-c2ncc(-c3cn[nH]c3)c3onc(N)c23)ccc1N. The minimum Gasteiger partial charge on any atom is -0.398 e. The monoisotopic (exact) mass is 363 g/mol. The van der Waals surface area contributed by atoms with Gasteiger partial charge in [0.1, 0.15) is 0 Å². The van der Waals surface area contributed by atoms with Crippen LogP contribution in [0.3, 0.4) is 0 Å². The number of anilines is 2. The molecule has 9 nitrogen and oxygen atoms in total. The molecule has 0 saturated carbocycles. The molecule has 9 heteroatoms. The number of pyridine rings is 1. The normalized spacial score (nSPS) is 11.0. The number of H-pyrrole nitrogens is 1. The number of fused-ring (bicyclic) bond motifs is 1. The van der Waals surface area contributed by atoms with E-state index in [1.54, 1.807) is 36.8 Å². The lowest BCUT2D eigenvalue weighted by Crippen LogP contribution is -2.23.